The van der Waals surface area contributed by atoms with Crippen LogP contribution in [-0.4, -0.2) is 45.9 Å². The summed E-state index contributed by atoms with van der Waals surface area (Å²) in [4.78, 5) is 12.5. The van der Waals surface area contributed by atoms with E-state index < -0.39 is 0 Å². The number of methoxy groups -OCH3 is 1. The zero-order valence-electron chi connectivity index (χ0n) is 14.2. The fourth-order valence-electron chi connectivity index (χ4n) is 2.93. The molecule has 2 N–H and O–H groups in total. The van der Waals surface area contributed by atoms with Gasteiger partial charge in [0.2, 0.25) is 0 Å². The van der Waals surface area contributed by atoms with Gasteiger partial charge in [-0.05, 0) is 38.1 Å². The highest BCUT2D eigenvalue weighted by atomic mass is 35.5. The van der Waals surface area contributed by atoms with Crippen LogP contribution in [0.3, 0.4) is 0 Å². The Balaban J connectivity index is 0.00000288. The number of amides is 1. The van der Waals surface area contributed by atoms with E-state index in [1.165, 1.54) is 0 Å². The maximum Gasteiger partial charge on any atom is 0.255 e. The molecule has 0 radical (unpaired) electrons. The highest BCUT2D eigenvalue weighted by Gasteiger charge is 2.32. The summed E-state index contributed by atoms with van der Waals surface area (Å²) in [5.74, 6) is 0.467. The summed E-state index contributed by atoms with van der Waals surface area (Å²) < 4.78 is 10.9. The van der Waals surface area contributed by atoms with Gasteiger partial charge in [-0.3, -0.25) is 4.79 Å². The van der Waals surface area contributed by atoms with Crippen molar-refractivity contribution in [3.63, 3.8) is 0 Å². The maximum absolute atomic E-state index is 12.5. The predicted octanol–water partition coefficient (Wildman–Crippen LogP) is 2.42. The van der Waals surface area contributed by atoms with E-state index in [4.69, 9.17) is 9.47 Å². The Kier molecular flexibility index (Phi) is 8.82. The van der Waals surface area contributed by atoms with Gasteiger partial charge in [0.05, 0.1) is 12.2 Å². The number of benzene rings is 1. The minimum Gasteiger partial charge on any atom is -0.489 e. The van der Waals surface area contributed by atoms with Crippen molar-refractivity contribution in [3.8, 4) is 5.75 Å². The third kappa shape index (κ3) is 5.51. The fraction of sp³-hybridized carbons (Fsp3) is 0.500. The first-order chi connectivity index (χ1) is 11.2. The third-order valence-corrected chi connectivity index (χ3v) is 4.23. The van der Waals surface area contributed by atoms with Crippen LogP contribution in [0.15, 0.2) is 36.9 Å². The summed E-state index contributed by atoms with van der Waals surface area (Å²) in [6.07, 6.45) is 3.66. The van der Waals surface area contributed by atoms with Gasteiger partial charge in [0.15, 0.2) is 0 Å². The predicted molar refractivity (Wildman–Crippen MR) is 98.1 cm³/mol. The van der Waals surface area contributed by atoms with Crippen molar-refractivity contribution in [3.05, 3.63) is 42.5 Å². The minimum atomic E-state index is -0.112. The largest absolute Gasteiger partial charge is 0.489 e. The molecule has 1 heterocycles. The monoisotopic (exact) mass is 354 g/mol. The van der Waals surface area contributed by atoms with Crippen molar-refractivity contribution in [2.45, 2.75) is 12.8 Å². The van der Waals surface area contributed by atoms with Crippen molar-refractivity contribution >= 4 is 18.3 Å². The first-order valence-electron chi connectivity index (χ1n) is 8.01. The molecule has 5 nitrogen and oxygen atoms in total. The molecule has 1 aliphatic rings. The van der Waals surface area contributed by atoms with E-state index in [1.807, 2.05) is 12.1 Å². The molecule has 0 unspecified atom stereocenters. The molecule has 2 rings (SSSR count). The number of carbonyl (C=O) groups is 1. The van der Waals surface area contributed by atoms with Gasteiger partial charge in [-0.25, -0.2) is 0 Å². The number of nitrogens with one attached hydrogen (secondary N) is 2. The zero-order chi connectivity index (χ0) is 16.5. The summed E-state index contributed by atoms with van der Waals surface area (Å²) in [6, 6.07) is 7.27. The molecule has 0 bridgehead atoms. The molecule has 0 aromatic heterocycles. The second-order valence-corrected chi connectivity index (χ2v) is 5.96. The number of hydrogen-bond donors (Lipinski definition) is 2. The molecule has 0 saturated carbocycles. The van der Waals surface area contributed by atoms with Crippen molar-refractivity contribution < 1.29 is 14.3 Å². The van der Waals surface area contributed by atoms with Crippen LogP contribution in [0.4, 0.5) is 0 Å². The quantitative estimate of drug-likeness (QED) is 0.704. The maximum atomic E-state index is 12.5. The lowest BCUT2D eigenvalue weighted by atomic mass is 9.79. The minimum absolute atomic E-state index is 0. The van der Waals surface area contributed by atoms with Gasteiger partial charge in [0.25, 0.3) is 5.91 Å². The Hall–Kier alpha value is -1.56. The lowest BCUT2D eigenvalue weighted by Gasteiger charge is -2.37. The van der Waals surface area contributed by atoms with Gasteiger partial charge < -0.3 is 20.1 Å². The summed E-state index contributed by atoms with van der Waals surface area (Å²) in [5.41, 5.74) is 0.558. The Morgan fingerprint density at radius 2 is 2.08 bits per heavy atom. The molecular formula is C18H27ClN2O3. The van der Waals surface area contributed by atoms with E-state index in [9.17, 15) is 4.79 Å². The number of hydrogen-bond acceptors (Lipinski definition) is 4. The second-order valence-electron chi connectivity index (χ2n) is 5.96. The number of ether oxygens (including phenoxy) is 2. The highest BCUT2D eigenvalue weighted by Crippen LogP contribution is 2.28. The van der Waals surface area contributed by atoms with Crippen LogP contribution in [0.2, 0.25) is 0 Å². The lowest BCUT2D eigenvalue weighted by Crippen LogP contribution is -2.47. The Bertz CT molecular complexity index is 525. The molecule has 1 aliphatic heterocycles. The van der Waals surface area contributed by atoms with E-state index in [0.29, 0.717) is 31.1 Å². The summed E-state index contributed by atoms with van der Waals surface area (Å²) in [6.45, 7) is 7.19. The molecule has 1 aromatic rings. The molecule has 1 saturated heterocycles. The standard InChI is InChI=1S/C18H26N2O3.ClH/c1-3-12-23-16-7-5-4-6-15(16)17(21)20-13-18(14-22-2)8-10-19-11-9-18;/h3-7,19H,1,8-14H2,2H3,(H,20,21);1H. The zero-order valence-corrected chi connectivity index (χ0v) is 15.0. The fourth-order valence-corrected chi connectivity index (χ4v) is 2.93. The van der Waals surface area contributed by atoms with E-state index >= 15 is 0 Å². The number of para-hydroxylation sites is 1. The van der Waals surface area contributed by atoms with Gasteiger partial charge in [-0.15, -0.1) is 12.4 Å². The van der Waals surface area contributed by atoms with E-state index in [2.05, 4.69) is 17.2 Å². The summed E-state index contributed by atoms with van der Waals surface area (Å²) in [5, 5.41) is 6.41. The van der Waals surface area contributed by atoms with Gasteiger partial charge in [-0.1, -0.05) is 24.8 Å². The van der Waals surface area contributed by atoms with Crippen LogP contribution in [0, 0.1) is 5.41 Å². The Labute approximate surface area is 150 Å². The topological polar surface area (TPSA) is 59.6 Å². The summed E-state index contributed by atoms with van der Waals surface area (Å²) in [7, 11) is 1.71. The number of piperidine rings is 1. The van der Waals surface area contributed by atoms with Gasteiger partial charge in [-0.2, -0.15) is 0 Å². The van der Waals surface area contributed by atoms with Gasteiger partial charge in [0, 0.05) is 19.1 Å². The van der Waals surface area contributed by atoms with Crippen molar-refractivity contribution in [2.75, 3.05) is 40.0 Å². The third-order valence-electron chi connectivity index (χ3n) is 4.23. The number of halogens is 1. The van der Waals surface area contributed by atoms with Crippen LogP contribution in [0.25, 0.3) is 0 Å². The van der Waals surface area contributed by atoms with Crippen molar-refractivity contribution in [1.29, 1.82) is 0 Å². The van der Waals surface area contributed by atoms with Crippen LogP contribution in [-0.2, 0) is 4.74 Å². The smallest absolute Gasteiger partial charge is 0.255 e. The molecule has 0 aliphatic carbocycles. The average Bonchev–Trinajstić information content (AvgIpc) is 2.59. The average molecular weight is 355 g/mol. The first kappa shape index (κ1) is 20.5. The number of rotatable bonds is 8. The molecule has 24 heavy (non-hydrogen) atoms. The Morgan fingerprint density at radius 3 is 2.75 bits per heavy atom. The van der Waals surface area contributed by atoms with Gasteiger partial charge in [0.1, 0.15) is 12.4 Å². The normalized spacial score (nSPS) is 15.9. The van der Waals surface area contributed by atoms with Gasteiger partial charge >= 0.3 is 0 Å². The van der Waals surface area contributed by atoms with Crippen LogP contribution < -0.4 is 15.4 Å². The molecule has 1 fully saturated rings. The molecular weight excluding hydrogens is 328 g/mol. The highest BCUT2D eigenvalue weighted by molar-refractivity contribution is 5.96. The lowest BCUT2D eigenvalue weighted by molar-refractivity contribution is 0.0511. The SMILES string of the molecule is C=CCOc1ccccc1C(=O)NCC1(COC)CCNCC1.Cl. The first-order valence-corrected chi connectivity index (χ1v) is 8.01. The van der Waals surface area contributed by atoms with Crippen LogP contribution in [0.5, 0.6) is 5.75 Å². The molecule has 1 amide bonds. The van der Waals surface area contributed by atoms with E-state index in [0.717, 1.165) is 25.9 Å². The molecule has 0 spiro atoms. The Morgan fingerprint density at radius 1 is 1.38 bits per heavy atom. The van der Waals surface area contributed by atoms with Crippen LogP contribution >= 0.6 is 12.4 Å². The number of carbonyl (C=O) groups excluding carboxylic acids is 1. The van der Waals surface area contributed by atoms with Crippen molar-refractivity contribution in [1.82, 2.24) is 10.6 Å². The second kappa shape index (κ2) is 10.3. The molecule has 1 aromatic carbocycles. The molecule has 0 atom stereocenters. The molecule has 6 heteroatoms. The summed E-state index contributed by atoms with van der Waals surface area (Å²) >= 11 is 0. The molecule has 134 valence electrons. The van der Waals surface area contributed by atoms with E-state index in [-0.39, 0.29) is 23.7 Å². The van der Waals surface area contributed by atoms with Crippen LogP contribution in [0.1, 0.15) is 23.2 Å². The van der Waals surface area contributed by atoms with Crippen molar-refractivity contribution in [2.24, 2.45) is 5.41 Å². The van der Waals surface area contributed by atoms with E-state index in [1.54, 1.807) is 25.3 Å².